The molecule has 0 spiro atoms. The van der Waals surface area contributed by atoms with Crippen LogP contribution in [-0.4, -0.2) is 37.0 Å². The second-order valence-electron chi connectivity index (χ2n) is 6.03. The molecular weight excluding hydrogens is 224 g/mol. The Morgan fingerprint density at radius 1 is 1.22 bits per heavy atom. The van der Waals surface area contributed by atoms with Gasteiger partial charge in [-0.1, -0.05) is 19.8 Å². The van der Waals surface area contributed by atoms with Gasteiger partial charge in [-0.25, -0.2) is 0 Å². The first-order valence-corrected chi connectivity index (χ1v) is 7.78. The lowest BCUT2D eigenvalue weighted by Gasteiger charge is -2.22. The van der Waals surface area contributed by atoms with Crippen LogP contribution in [0.4, 0.5) is 0 Å². The first-order valence-electron chi connectivity index (χ1n) is 7.78. The van der Waals surface area contributed by atoms with Crippen molar-refractivity contribution in [2.45, 2.75) is 51.9 Å². The summed E-state index contributed by atoms with van der Waals surface area (Å²) in [5.41, 5.74) is 0. The Morgan fingerprint density at radius 3 is 2.83 bits per heavy atom. The number of hydrogen-bond donors (Lipinski definition) is 1. The van der Waals surface area contributed by atoms with Crippen LogP contribution in [-0.2, 0) is 4.79 Å². The van der Waals surface area contributed by atoms with E-state index in [0.29, 0.717) is 11.8 Å². The van der Waals surface area contributed by atoms with Gasteiger partial charge in [-0.3, -0.25) is 4.79 Å². The van der Waals surface area contributed by atoms with E-state index < -0.39 is 0 Å². The van der Waals surface area contributed by atoms with E-state index in [-0.39, 0.29) is 0 Å². The van der Waals surface area contributed by atoms with E-state index in [2.05, 4.69) is 17.1 Å². The average molecular weight is 252 g/mol. The minimum Gasteiger partial charge on any atom is -0.343 e. The summed E-state index contributed by atoms with van der Waals surface area (Å²) in [5, 5.41) is 3.35. The topological polar surface area (TPSA) is 32.3 Å². The van der Waals surface area contributed by atoms with Crippen molar-refractivity contribution in [1.29, 1.82) is 0 Å². The van der Waals surface area contributed by atoms with Crippen molar-refractivity contribution < 1.29 is 4.79 Å². The number of nitrogens with one attached hydrogen (secondary N) is 1. The molecule has 2 atom stereocenters. The fraction of sp³-hybridized carbons (Fsp3) is 0.933. The number of rotatable bonds is 4. The molecule has 3 nitrogen and oxygen atoms in total. The van der Waals surface area contributed by atoms with Crippen molar-refractivity contribution in [2.24, 2.45) is 11.8 Å². The predicted molar refractivity (Wildman–Crippen MR) is 74.4 cm³/mol. The quantitative estimate of drug-likeness (QED) is 0.833. The highest BCUT2D eigenvalue weighted by Gasteiger charge is 2.24. The fourth-order valence-corrected chi connectivity index (χ4v) is 3.38. The smallest absolute Gasteiger partial charge is 0.222 e. The molecule has 104 valence electrons. The van der Waals surface area contributed by atoms with Crippen molar-refractivity contribution in [3.05, 3.63) is 0 Å². The molecule has 3 heteroatoms. The van der Waals surface area contributed by atoms with Crippen LogP contribution >= 0.6 is 0 Å². The highest BCUT2D eigenvalue weighted by Crippen LogP contribution is 2.23. The second kappa shape index (κ2) is 7.13. The maximum Gasteiger partial charge on any atom is 0.222 e. The van der Waals surface area contributed by atoms with Gasteiger partial charge in [-0.2, -0.15) is 0 Å². The van der Waals surface area contributed by atoms with Crippen molar-refractivity contribution in [2.75, 3.05) is 26.2 Å². The molecule has 0 aliphatic carbocycles. The zero-order valence-corrected chi connectivity index (χ0v) is 11.8. The number of carbonyl (C=O) groups excluding carboxylic acids is 1. The second-order valence-corrected chi connectivity index (χ2v) is 6.03. The minimum absolute atomic E-state index is 0.404. The number of amides is 1. The standard InChI is InChI=1S/C15H28N2O/c1-2-4-13-5-3-9-17(10-7-13)15(18)11-14-6-8-16-12-14/h13-14,16H,2-12H2,1H3. The summed E-state index contributed by atoms with van der Waals surface area (Å²) in [6.45, 7) is 6.40. The summed E-state index contributed by atoms with van der Waals surface area (Å²) in [5.74, 6) is 1.86. The third-order valence-electron chi connectivity index (χ3n) is 4.52. The molecule has 1 amide bonds. The van der Waals surface area contributed by atoms with E-state index in [9.17, 15) is 4.79 Å². The van der Waals surface area contributed by atoms with Crippen LogP contribution in [0.5, 0.6) is 0 Å². The molecule has 0 aromatic carbocycles. The molecule has 18 heavy (non-hydrogen) atoms. The van der Waals surface area contributed by atoms with E-state index >= 15 is 0 Å². The molecule has 0 bridgehead atoms. The van der Waals surface area contributed by atoms with Gasteiger partial charge < -0.3 is 10.2 Å². The van der Waals surface area contributed by atoms with Gasteiger partial charge in [-0.15, -0.1) is 0 Å². The van der Waals surface area contributed by atoms with Crippen molar-refractivity contribution >= 4 is 5.91 Å². The summed E-state index contributed by atoms with van der Waals surface area (Å²) in [6, 6.07) is 0. The Bertz CT molecular complexity index is 261. The van der Waals surface area contributed by atoms with Crippen LogP contribution in [0.3, 0.4) is 0 Å². The van der Waals surface area contributed by atoms with Crippen LogP contribution < -0.4 is 5.32 Å². The van der Waals surface area contributed by atoms with Gasteiger partial charge in [-0.05, 0) is 50.6 Å². The largest absolute Gasteiger partial charge is 0.343 e. The first kappa shape index (κ1) is 13.9. The number of hydrogen-bond acceptors (Lipinski definition) is 2. The van der Waals surface area contributed by atoms with Crippen LogP contribution in [0.2, 0.25) is 0 Å². The average Bonchev–Trinajstić information content (AvgIpc) is 2.74. The van der Waals surface area contributed by atoms with Gasteiger partial charge in [0.05, 0.1) is 0 Å². The predicted octanol–water partition coefficient (Wildman–Crippen LogP) is 2.41. The minimum atomic E-state index is 0.404. The van der Waals surface area contributed by atoms with Crippen molar-refractivity contribution in [3.63, 3.8) is 0 Å². The molecule has 2 rings (SSSR count). The molecule has 2 unspecified atom stereocenters. The molecule has 0 aromatic rings. The monoisotopic (exact) mass is 252 g/mol. The molecule has 1 N–H and O–H groups in total. The van der Waals surface area contributed by atoms with Crippen molar-refractivity contribution in [3.8, 4) is 0 Å². The zero-order valence-electron chi connectivity index (χ0n) is 11.8. The van der Waals surface area contributed by atoms with E-state index in [4.69, 9.17) is 0 Å². The normalized spacial score (nSPS) is 29.3. The first-order chi connectivity index (χ1) is 8.79. The lowest BCUT2D eigenvalue weighted by atomic mass is 9.96. The zero-order chi connectivity index (χ0) is 12.8. The van der Waals surface area contributed by atoms with E-state index in [1.807, 2.05) is 0 Å². The molecule has 2 fully saturated rings. The molecular formula is C15H28N2O. The molecule has 0 aromatic heterocycles. The van der Waals surface area contributed by atoms with Gasteiger partial charge in [0.1, 0.15) is 0 Å². The van der Waals surface area contributed by atoms with Crippen molar-refractivity contribution in [1.82, 2.24) is 10.2 Å². The SMILES string of the molecule is CCCC1CCCN(C(=O)CC2CCNC2)CC1. The Balaban J connectivity index is 1.76. The van der Waals surface area contributed by atoms with E-state index in [1.54, 1.807) is 0 Å². The number of likely N-dealkylation sites (tertiary alicyclic amines) is 1. The maximum atomic E-state index is 12.3. The molecule has 2 saturated heterocycles. The van der Waals surface area contributed by atoms with E-state index in [1.165, 1.54) is 38.5 Å². The van der Waals surface area contributed by atoms with Crippen LogP contribution in [0.25, 0.3) is 0 Å². The van der Waals surface area contributed by atoms with Gasteiger partial charge in [0, 0.05) is 19.5 Å². The maximum absolute atomic E-state index is 12.3. The highest BCUT2D eigenvalue weighted by molar-refractivity contribution is 5.76. The Labute approximate surface area is 111 Å². The van der Waals surface area contributed by atoms with Gasteiger partial charge in [0.2, 0.25) is 5.91 Å². The van der Waals surface area contributed by atoms with Crippen LogP contribution in [0, 0.1) is 11.8 Å². The van der Waals surface area contributed by atoms with Crippen LogP contribution in [0.15, 0.2) is 0 Å². The number of carbonyl (C=O) groups is 1. The molecule has 0 saturated carbocycles. The molecule has 2 heterocycles. The third-order valence-corrected chi connectivity index (χ3v) is 4.52. The summed E-state index contributed by atoms with van der Waals surface area (Å²) in [6.07, 6.45) is 8.33. The summed E-state index contributed by atoms with van der Waals surface area (Å²) in [4.78, 5) is 14.4. The molecule has 0 radical (unpaired) electrons. The van der Waals surface area contributed by atoms with Gasteiger partial charge >= 0.3 is 0 Å². The summed E-state index contributed by atoms with van der Waals surface area (Å²) < 4.78 is 0. The number of nitrogens with zero attached hydrogens (tertiary/aromatic N) is 1. The van der Waals surface area contributed by atoms with E-state index in [0.717, 1.165) is 38.5 Å². The van der Waals surface area contributed by atoms with Crippen LogP contribution in [0.1, 0.15) is 51.9 Å². The lowest BCUT2D eigenvalue weighted by Crippen LogP contribution is -2.33. The molecule has 2 aliphatic rings. The fourth-order valence-electron chi connectivity index (χ4n) is 3.38. The Hall–Kier alpha value is -0.570. The summed E-state index contributed by atoms with van der Waals surface area (Å²) in [7, 11) is 0. The molecule has 2 aliphatic heterocycles. The summed E-state index contributed by atoms with van der Waals surface area (Å²) >= 11 is 0. The highest BCUT2D eigenvalue weighted by atomic mass is 16.2. The third kappa shape index (κ3) is 3.98. The van der Waals surface area contributed by atoms with Gasteiger partial charge in [0.25, 0.3) is 0 Å². The Kier molecular flexibility index (Phi) is 5.48. The Morgan fingerprint density at radius 2 is 2.11 bits per heavy atom. The lowest BCUT2D eigenvalue weighted by molar-refractivity contribution is -0.132. The van der Waals surface area contributed by atoms with Gasteiger partial charge in [0.15, 0.2) is 0 Å².